The summed E-state index contributed by atoms with van der Waals surface area (Å²) in [5.74, 6) is -0.0493. The molecule has 6 nitrogen and oxygen atoms in total. The number of aliphatic hydroxyl groups is 1. The number of thiophene rings is 1. The summed E-state index contributed by atoms with van der Waals surface area (Å²) in [6.45, 7) is 7.13. The Hall–Kier alpha value is -2.51. The Kier molecular flexibility index (Phi) is 5.99. The van der Waals surface area contributed by atoms with Gasteiger partial charge in [-0.15, -0.1) is 11.3 Å². The monoisotopic (exact) mass is 439 g/mol. The SMILES string of the molecule is CCC(C(=O)N1CCC(O)(Cn2cnc3sc(C)c(C)c3c2=O)CC1)c1ccccc1. The van der Waals surface area contributed by atoms with E-state index in [4.69, 9.17) is 0 Å². The van der Waals surface area contributed by atoms with Crippen LogP contribution in [0.2, 0.25) is 0 Å². The molecular formula is C24H29N3O3S. The molecule has 1 aliphatic rings. The molecule has 1 fully saturated rings. The minimum absolute atomic E-state index is 0.103. The van der Waals surface area contributed by atoms with Crippen LogP contribution in [-0.4, -0.2) is 44.2 Å². The number of hydrogen-bond donors (Lipinski definition) is 1. The lowest BCUT2D eigenvalue weighted by Gasteiger charge is -2.39. The highest BCUT2D eigenvalue weighted by Crippen LogP contribution is 2.29. The first-order valence-electron chi connectivity index (χ1n) is 10.8. The van der Waals surface area contributed by atoms with Crippen molar-refractivity contribution in [1.29, 1.82) is 0 Å². The van der Waals surface area contributed by atoms with Crippen LogP contribution in [-0.2, 0) is 11.3 Å². The molecule has 1 atom stereocenters. The predicted octanol–water partition coefficient (Wildman–Crippen LogP) is 3.62. The zero-order valence-electron chi connectivity index (χ0n) is 18.3. The molecule has 0 saturated carbocycles. The van der Waals surface area contributed by atoms with Crippen LogP contribution in [0.5, 0.6) is 0 Å². The van der Waals surface area contributed by atoms with Crippen LogP contribution >= 0.6 is 11.3 Å². The molecular weight excluding hydrogens is 410 g/mol. The normalized spacial score (nSPS) is 17.1. The van der Waals surface area contributed by atoms with Gasteiger partial charge in [0.05, 0.1) is 29.8 Å². The summed E-state index contributed by atoms with van der Waals surface area (Å²) in [4.78, 5) is 34.2. The Labute approximate surface area is 186 Å². The van der Waals surface area contributed by atoms with Crippen LogP contribution in [0, 0.1) is 13.8 Å². The van der Waals surface area contributed by atoms with Crippen molar-refractivity contribution in [3.63, 3.8) is 0 Å². The molecule has 0 radical (unpaired) electrons. The van der Waals surface area contributed by atoms with Gasteiger partial charge >= 0.3 is 0 Å². The average Bonchev–Trinajstić information content (AvgIpc) is 3.06. The van der Waals surface area contributed by atoms with Crippen molar-refractivity contribution in [3.8, 4) is 0 Å². The first kappa shape index (κ1) is 21.7. The number of amides is 1. The number of aryl methyl sites for hydroxylation is 2. The van der Waals surface area contributed by atoms with Gasteiger partial charge < -0.3 is 10.0 Å². The third kappa shape index (κ3) is 4.16. The largest absolute Gasteiger partial charge is 0.388 e. The van der Waals surface area contributed by atoms with Crippen LogP contribution in [0.4, 0.5) is 0 Å². The summed E-state index contributed by atoms with van der Waals surface area (Å²) in [6.07, 6.45) is 3.16. The summed E-state index contributed by atoms with van der Waals surface area (Å²) in [5, 5.41) is 11.8. The topological polar surface area (TPSA) is 75.4 Å². The van der Waals surface area contributed by atoms with Gasteiger partial charge in [0, 0.05) is 18.0 Å². The number of hydrogen-bond acceptors (Lipinski definition) is 5. The maximum atomic E-state index is 13.1. The van der Waals surface area contributed by atoms with Crippen molar-refractivity contribution in [2.45, 2.75) is 58.1 Å². The van der Waals surface area contributed by atoms with E-state index in [0.717, 1.165) is 27.3 Å². The van der Waals surface area contributed by atoms with Crippen molar-refractivity contribution >= 4 is 27.5 Å². The maximum Gasteiger partial charge on any atom is 0.262 e. The molecule has 1 aliphatic heterocycles. The van der Waals surface area contributed by atoms with Gasteiger partial charge in [-0.3, -0.25) is 14.2 Å². The van der Waals surface area contributed by atoms with E-state index in [9.17, 15) is 14.7 Å². The molecule has 31 heavy (non-hydrogen) atoms. The molecule has 1 unspecified atom stereocenters. The second kappa shape index (κ2) is 8.55. The number of benzene rings is 1. The van der Waals surface area contributed by atoms with Gasteiger partial charge in [-0.2, -0.15) is 0 Å². The summed E-state index contributed by atoms with van der Waals surface area (Å²) in [6, 6.07) is 9.86. The minimum atomic E-state index is -1.02. The number of rotatable bonds is 5. The van der Waals surface area contributed by atoms with Crippen molar-refractivity contribution in [2.24, 2.45) is 0 Å². The Morgan fingerprint density at radius 2 is 1.90 bits per heavy atom. The predicted molar refractivity (Wildman–Crippen MR) is 124 cm³/mol. The molecule has 1 amide bonds. The number of piperidine rings is 1. The van der Waals surface area contributed by atoms with Gasteiger partial charge in [-0.05, 0) is 44.2 Å². The number of likely N-dealkylation sites (tertiary alicyclic amines) is 1. The fourth-order valence-corrected chi connectivity index (χ4v) is 5.45. The molecule has 1 aromatic carbocycles. The molecule has 1 saturated heterocycles. The number of fused-ring (bicyclic) bond motifs is 1. The summed E-state index contributed by atoms with van der Waals surface area (Å²) in [7, 11) is 0. The lowest BCUT2D eigenvalue weighted by atomic mass is 9.89. The second-order valence-electron chi connectivity index (χ2n) is 8.56. The highest BCUT2D eigenvalue weighted by molar-refractivity contribution is 7.18. The minimum Gasteiger partial charge on any atom is -0.388 e. The van der Waals surface area contributed by atoms with Crippen LogP contribution in [0.15, 0.2) is 41.5 Å². The van der Waals surface area contributed by atoms with Crippen LogP contribution in [0.25, 0.3) is 10.2 Å². The van der Waals surface area contributed by atoms with E-state index in [1.54, 1.807) is 0 Å². The van der Waals surface area contributed by atoms with Crippen molar-refractivity contribution in [3.05, 3.63) is 63.0 Å². The highest BCUT2D eigenvalue weighted by Gasteiger charge is 2.36. The number of aromatic nitrogens is 2. The number of nitrogens with zero attached hydrogens (tertiary/aromatic N) is 3. The van der Waals surface area contributed by atoms with Gasteiger partial charge in [0.2, 0.25) is 5.91 Å². The third-order valence-corrected chi connectivity index (χ3v) is 7.65. The van der Waals surface area contributed by atoms with Gasteiger partial charge in [-0.1, -0.05) is 37.3 Å². The molecule has 0 aliphatic carbocycles. The third-order valence-electron chi connectivity index (χ3n) is 6.53. The van der Waals surface area contributed by atoms with Crippen LogP contribution in [0.3, 0.4) is 0 Å². The molecule has 4 rings (SSSR count). The molecule has 164 valence electrons. The van der Waals surface area contributed by atoms with Crippen molar-refractivity contribution in [2.75, 3.05) is 13.1 Å². The zero-order valence-corrected chi connectivity index (χ0v) is 19.1. The number of carbonyl (C=O) groups excluding carboxylic acids is 1. The summed E-state index contributed by atoms with van der Waals surface area (Å²) in [5.41, 5.74) is 0.867. The van der Waals surface area contributed by atoms with Crippen molar-refractivity contribution < 1.29 is 9.90 Å². The Bertz CT molecular complexity index is 1140. The van der Waals surface area contributed by atoms with Gasteiger partial charge in [0.1, 0.15) is 4.83 Å². The quantitative estimate of drug-likeness (QED) is 0.659. The average molecular weight is 440 g/mol. The Morgan fingerprint density at radius 3 is 2.55 bits per heavy atom. The van der Waals surface area contributed by atoms with Crippen LogP contribution < -0.4 is 5.56 Å². The molecule has 7 heteroatoms. The van der Waals surface area contributed by atoms with E-state index in [2.05, 4.69) is 4.98 Å². The molecule has 0 spiro atoms. The summed E-state index contributed by atoms with van der Waals surface area (Å²) < 4.78 is 1.53. The van der Waals surface area contributed by atoms with Crippen molar-refractivity contribution in [1.82, 2.24) is 14.5 Å². The first-order chi connectivity index (χ1) is 14.8. The van der Waals surface area contributed by atoms with E-state index in [1.807, 2.05) is 56.0 Å². The molecule has 3 aromatic rings. The smallest absolute Gasteiger partial charge is 0.262 e. The molecule has 3 heterocycles. The lowest BCUT2D eigenvalue weighted by Crippen LogP contribution is -2.50. The molecule has 0 bridgehead atoms. The van der Waals surface area contributed by atoms with E-state index in [-0.39, 0.29) is 23.9 Å². The lowest BCUT2D eigenvalue weighted by molar-refractivity contribution is -0.137. The maximum absolute atomic E-state index is 13.1. The summed E-state index contributed by atoms with van der Waals surface area (Å²) >= 11 is 1.52. The fraction of sp³-hybridized carbons (Fsp3) is 0.458. The standard InChI is InChI=1S/C24H29N3O3S/c1-4-19(18-8-6-5-7-9-18)22(28)26-12-10-24(30,11-13-26)14-27-15-25-21-20(23(27)29)16(2)17(3)31-21/h5-9,15,19,30H,4,10-14H2,1-3H3. The van der Waals surface area contributed by atoms with E-state index in [0.29, 0.717) is 31.3 Å². The van der Waals surface area contributed by atoms with Crippen LogP contribution in [0.1, 0.15) is 48.1 Å². The Balaban J connectivity index is 1.47. The zero-order chi connectivity index (χ0) is 22.2. The van der Waals surface area contributed by atoms with Gasteiger partial charge in [0.15, 0.2) is 0 Å². The Morgan fingerprint density at radius 1 is 1.23 bits per heavy atom. The highest BCUT2D eigenvalue weighted by atomic mass is 32.1. The molecule has 2 aromatic heterocycles. The van der Waals surface area contributed by atoms with Gasteiger partial charge in [0.25, 0.3) is 5.56 Å². The molecule has 1 N–H and O–H groups in total. The second-order valence-corrected chi connectivity index (χ2v) is 9.77. The van der Waals surface area contributed by atoms with E-state index in [1.165, 1.54) is 22.2 Å². The first-order valence-corrected chi connectivity index (χ1v) is 11.7. The number of carbonyl (C=O) groups is 1. The van der Waals surface area contributed by atoms with Gasteiger partial charge in [-0.25, -0.2) is 4.98 Å². The fourth-order valence-electron chi connectivity index (χ4n) is 4.46. The van der Waals surface area contributed by atoms with E-state index < -0.39 is 5.60 Å². The van der Waals surface area contributed by atoms with E-state index >= 15 is 0 Å².